The molecule has 2 aromatic carbocycles. The van der Waals surface area contributed by atoms with E-state index in [1.807, 2.05) is 0 Å². The van der Waals surface area contributed by atoms with Gasteiger partial charge in [-0.3, -0.25) is 4.79 Å². The topological polar surface area (TPSA) is 83.4 Å². The lowest BCUT2D eigenvalue weighted by molar-refractivity contribution is 0.0996. The van der Waals surface area contributed by atoms with E-state index in [0.717, 1.165) is 0 Å². The van der Waals surface area contributed by atoms with Gasteiger partial charge in [0.05, 0.1) is 6.26 Å². The molecule has 3 amide bonds. The molecule has 0 saturated heterocycles. The van der Waals surface area contributed by atoms with Crippen LogP contribution in [0.2, 0.25) is 0 Å². The number of halogens is 1. The fraction of sp³-hybridized carbons (Fsp3) is 0. The predicted octanol–water partition coefficient (Wildman–Crippen LogP) is 4.32. The van der Waals surface area contributed by atoms with Crippen molar-refractivity contribution in [2.75, 3.05) is 16.0 Å². The lowest BCUT2D eigenvalue weighted by atomic mass is 10.2. The Bertz CT molecular complexity index is 860. The summed E-state index contributed by atoms with van der Waals surface area (Å²) in [6.45, 7) is 0. The van der Waals surface area contributed by atoms with E-state index in [0.29, 0.717) is 17.1 Å². The summed E-state index contributed by atoms with van der Waals surface area (Å²) in [6.07, 6.45) is 1.42. The van der Waals surface area contributed by atoms with Crippen LogP contribution in [0.5, 0.6) is 0 Å². The maximum absolute atomic E-state index is 12.8. The number of rotatable bonds is 4. The molecular weight excluding hydrogens is 325 g/mol. The van der Waals surface area contributed by atoms with Crippen LogP contribution in [0.1, 0.15) is 10.6 Å². The van der Waals surface area contributed by atoms with Crippen molar-refractivity contribution in [3.05, 3.63) is 78.5 Å². The van der Waals surface area contributed by atoms with Crippen LogP contribution in [0.4, 0.5) is 26.2 Å². The van der Waals surface area contributed by atoms with E-state index < -0.39 is 6.03 Å². The van der Waals surface area contributed by atoms with Crippen molar-refractivity contribution in [1.29, 1.82) is 0 Å². The van der Waals surface area contributed by atoms with Crippen molar-refractivity contribution in [2.24, 2.45) is 0 Å². The van der Waals surface area contributed by atoms with E-state index >= 15 is 0 Å². The Morgan fingerprint density at radius 3 is 1.80 bits per heavy atom. The summed E-state index contributed by atoms with van der Waals surface area (Å²) in [5.41, 5.74) is 1.57. The first-order chi connectivity index (χ1) is 12.1. The van der Waals surface area contributed by atoms with E-state index in [9.17, 15) is 14.0 Å². The Labute approximate surface area is 142 Å². The molecule has 0 aliphatic carbocycles. The van der Waals surface area contributed by atoms with Gasteiger partial charge in [-0.05, 0) is 60.7 Å². The Morgan fingerprint density at radius 1 is 0.760 bits per heavy atom. The summed E-state index contributed by atoms with van der Waals surface area (Å²) >= 11 is 0. The van der Waals surface area contributed by atoms with Crippen LogP contribution in [0.15, 0.2) is 71.3 Å². The van der Waals surface area contributed by atoms with Crippen molar-refractivity contribution >= 4 is 29.0 Å². The highest BCUT2D eigenvalue weighted by Crippen LogP contribution is 2.16. The minimum atomic E-state index is -0.459. The molecule has 0 saturated carbocycles. The van der Waals surface area contributed by atoms with Crippen LogP contribution in [-0.4, -0.2) is 11.9 Å². The van der Waals surface area contributed by atoms with Gasteiger partial charge in [-0.2, -0.15) is 0 Å². The largest absolute Gasteiger partial charge is 0.459 e. The summed E-state index contributed by atoms with van der Waals surface area (Å²) in [4.78, 5) is 23.7. The van der Waals surface area contributed by atoms with Crippen LogP contribution in [0.25, 0.3) is 0 Å². The van der Waals surface area contributed by atoms with Gasteiger partial charge in [-0.15, -0.1) is 0 Å². The number of furan rings is 1. The fourth-order valence-electron chi connectivity index (χ4n) is 2.06. The number of urea groups is 1. The molecule has 25 heavy (non-hydrogen) atoms. The van der Waals surface area contributed by atoms with Gasteiger partial charge in [0.1, 0.15) is 5.82 Å². The summed E-state index contributed by atoms with van der Waals surface area (Å²) in [5, 5.41) is 7.90. The van der Waals surface area contributed by atoms with Crippen LogP contribution >= 0.6 is 0 Å². The van der Waals surface area contributed by atoms with Gasteiger partial charge in [0.25, 0.3) is 5.91 Å². The van der Waals surface area contributed by atoms with Crippen LogP contribution < -0.4 is 16.0 Å². The molecule has 1 heterocycles. The molecule has 6 nitrogen and oxygen atoms in total. The molecule has 126 valence electrons. The zero-order valence-corrected chi connectivity index (χ0v) is 13.0. The maximum atomic E-state index is 12.8. The van der Waals surface area contributed by atoms with Crippen LogP contribution in [0.3, 0.4) is 0 Å². The highest BCUT2D eigenvalue weighted by atomic mass is 19.1. The Balaban J connectivity index is 1.56. The molecule has 0 radical (unpaired) electrons. The normalized spacial score (nSPS) is 10.1. The average molecular weight is 339 g/mol. The van der Waals surface area contributed by atoms with Gasteiger partial charge < -0.3 is 20.4 Å². The summed E-state index contributed by atoms with van der Waals surface area (Å²) in [7, 11) is 0. The Kier molecular flexibility index (Phi) is 4.75. The molecule has 0 fully saturated rings. The zero-order chi connectivity index (χ0) is 17.6. The molecule has 0 bridgehead atoms. The van der Waals surface area contributed by atoms with Gasteiger partial charge in [-0.25, -0.2) is 9.18 Å². The molecule has 3 aromatic rings. The van der Waals surface area contributed by atoms with E-state index in [1.165, 1.54) is 30.5 Å². The number of carbonyl (C=O) groups excluding carboxylic acids is 2. The average Bonchev–Trinajstić information content (AvgIpc) is 3.13. The molecule has 0 atom stereocenters. The number of nitrogens with one attached hydrogen (secondary N) is 3. The number of hydrogen-bond donors (Lipinski definition) is 3. The number of carbonyl (C=O) groups is 2. The molecule has 1 aromatic heterocycles. The van der Waals surface area contributed by atoms with Crippen LogP contribution in [-0.2, 0) is 0 Å². The first-order valence-electron chi connectivity index (χ1n) is 7.39. The van der Waals surface area contributed by atoms with Gasteiger partial charge >= 0.3 is 6.03 Å². The first kappa shape index (κ1) is 16.3. The highest BCUT2D eigenvalue weighted by Gasteiger charge is 2.09. The Hall–Kier alpha value is -3.61. The van der Waals surface area contributed by atoms with Gasteiger partial charge in [-0.1, -0.05) is 0 Å². The minimum absolute atomic E-state index is 0.209. The van der Waals surface area contributed by atoms with E-state index in [4.69, 9.17) is 4.42 Å². The third-order valence-electron chi connectivity index (χ3n) is 3.25. The van der Waals surface area contributed by atoms with Crippen molar-refractivity contribution in [2.45, 2.75) is 0 Å². The highest BCUT2D eigenvalue weighted by molar-refractivity contribution is 6.03. The number of hydrogen-bond acceptors (Lipinski definition) is 3. The third kappa shape index (κ3) is 4.44. The quantitative estimate of drug-likeness (QED) is 0.662. The SMILES string of the molecule is O=C(Nc1ccc(F)cc1)Nc1ccc(NC(=O)c2ccco2)cc1. The number of amides is 3. The van der Waals surface area contributed by atoms with Crippen molar-refractivity contribution in [3.8, 4) is 0 Å². The fourth-order valence-corrected chi connectivity index (χ4v) is 2.06. The monoisotopic (exact) mass is 339 g/mol. The Morgan fingerprint density at radius 2 is 1.28 bits per heavy atom. The minimum Gasteiger partial charge on any atom is -0.459 e. The van der Waals surface area contributed by atoms with Gasteiger partial charge in [0, 0.05) is 17.1 Å². The van der Waals surface area contributed by atoms with E-state index in [2.05, 4.69) is 16.0 Å². The zero-order valence-electron chi connectivity index (χ0n) is 13.0. The molecular formula is C18H14FN3O3. The van der Waals surface area contributed by atoms with Crippen molar-refractivity contribution < 1.29 is 18.4 Å². The molecule has 0 aliphatic rings. The second-order valence-corrected chi connectivity index (χ2v) is 5.09. The van der Waals surface area contributed by atoms with Gasteiger partial charge in [0.15, 0.2) is 5.76 Å². The lowest BCUT2D eigenvalue weighted by Crippen LogP contribution is -2.19. The molecule has 0 unspecified atom stereocenters. The maximum Gasteiger partial charge on any atom is 0.323 e. The predicted molar refractivity (Wildman–Crippen MR) is 92.1 cm³/mol. The molecule has 3 N–H and O–H groups in total. The van der Waals surface area contributed by atoms with Crippen molar-refractivity contribution in [3.63, 3.8) is 0 Å². The second-order valence-electron chi connectivity index (χ2n) is 5.09. The summed E-state index contributed by atoms with van der Waals surface area (Å²) < 4.78 is 17.8. The first-order valence-corrected chi connectivity index (χ1v) is 7.39. The second kappa shape index (κ2) is 7.31. The molecule has 7 heteroatoms. The molecule has 0 spiro atoms. The smallest absolute Gasteiger partial charge is 0.323 e. The number of anilines is 3. The lowest BCUT2D eigenvalue weighted by Gasteiger charge is -2.09. The van der Waals surface area contributed by atoms with Crippen LogP contribution in [0, 0.1) is 5.82 Å². The summed E-state index contributed by atoms with van der Waals surface area (Å²) in [6, 6.07) is 14.7. The molecule has 3 rings (SSSR count). The van der Waals surface area contributed by atoms with E-state index in [-0.39, 0.29) is 17.5 Å². The third-order valence-corrected chi connectivity index (χ3v) is 3.25. The number of benzene rings is 2. The van der Waals surface area contributed by atoms with Gasteiger partial charge in [0.2, 0.25) is 0 Å². The summed E-state index contributed by atoms with van der Waals surface area (Å²) in [5.74, 6) is -0.529. The molecule has 0 aliphatic heterocycles. The standard InChI is InChI=1S/C18H14FN3O3/c19-12-3-5-14(6-4-12)21-18(24)22-15-9-7-13(8-10-15)20-17(23)16-2-1-11-25-16/h1-11H,(H,20,23)(H2,21,22,24). The van der Waals surface area contributed by atoms with E-state index in [1.54, 1.807) is 36.4 Å². The van der Waals surface area contributed by atoms with Crippen molar-refractivity contribution in [1.82, 2.24) is 0 Å².